The fourth-order valence-electron chi connectivity index (χ4n) is 3.72. The van der Waals surface area contributed by atoms with E-state index in [2.05, 4.69) is 5.32 Å². The third kappa shape index (κ3) is 5.59. The number of carbonyl (C=O) groups is 2. The van der Waals surface area contributed by atoms with Crippen molar-refractivity contribution in [2.24, 2.45) is 0 Å². The smallest absolute Gasteiger partial charge is 0.337 e. The Bertz CT molecular complexity index is 928. The molecule has 2 unspecified atom stereocenters. The van der Waals surface area contributed by atoms with Gasteiger partial charge in [0.05, 0.1) is 25.3 Å². The molecule has 1 aliphatic rings. The van der Waals surface area contributed by atoms with Gasteiger partial charge in [0.1, 0.15) is 17.9 Å². The zero-order valence-corrected chi connectivity index (χ0v) is 19.4. The van der Waals surface area contributed by atoms with Crippen LogP contribution in [-0.2, 0) is 14.3 Å². The summed E-state index contributed by atoms with van der Waals surface area (Å²) in [5.41, 5.74) is 0.597. The molecule has 0 aliphatic carbocycles. The Balaban J connectivity index is 1.61. The Morgan fingerprint density at radius 2 is 2.00 bits per heavy atom. The van der Waals surface area contributed by atoms with Crippen LogP contribution in [0, 0.1) is 0 Å². The number of nitrogens with one attached hydrogen (secondary N) is 1. The molecule has 2 aromatic carbocycles. The fraction of sp³-hybridized carbons (Fsp3) is 0.417. The maximum atomic E-state index is 13.3. The van der Waals surface area contributed by atoms with E-state index in [9.17, 15) is 9.59 Å². The Labute approximate surface area is 193 Å². The van der Waals surface area contributed by atoms with Gasteiger partial charge in [0.25, 0.3) is 0 Å². The topological polar surface area (TPSA) is 77.1 Å². The first-order valence-corrected chi connectivity index (χ1v) is 10.9. The molecule has 0 radical (unpaired) electrons. The second-order valence-electron chi connectivity index (χ2n) is 7.87. The van der Waals surface area contributed by atoms with Crippen LogP contribution in [0.4, 0.5) is 0 Å². The third-order valence-electron chi connectivity index (χ3n) is 5.83. The average molecular weight is 461 g/mol. The van der Waals surface area contributed by atoms with Crippen LogP contribution in [0.3, 0.4) is 0 Å². The number of halogens is 1. The molecule has 0 aromatic heterocycles. The molecule has 1 amide bonds. The van der Waals surface area contributed by atoms with E-state index in [-0.39, 0.29) is 11.9 Å². The summed E-state index contributed by atoms with van der Waals surface area (Å²) in [4.78, 5) is 26.9. The highest BCUT2D eigenvalue weighted by atomic mass is 35.5. The van der Waals surface area contributed by atoms with Gasteiger partial charge >= 0.3 is 5.97 Å². The minimum absolute atomic E-state index is 0.0928. The highest BCUT2D eigenvalue weighted by molar-refractivity contribution is 6.30. The molecule has 1 fully saturated rings. The number of nitrogens with zero attached hydrogens (tertiary/aromatic N) is 1. The zero-order chi connectivity index (χ0) is 23.1. The highest BCUT2D eigenvalue weighted by Crippen LogP contribution is 2.27. The monoisotopic (exact) mass is 460 g/mol. The number of rotatable bonds is 9. The lowest BCUT2D eigenvalue weighted by Gasteiger charge is -2.36. The van der Waals surface area contributed by atoms with Crippen LogP contribution in [0.1, 0.15) is 35.3 Å². The SMILES string of the molecule is COC(=O)c1ccc(C(C)NC(=O)C2(N(C)CCOc3cccc(Cl)c3)CCOC2)cc1. The molecule has 1 aliphatic heterocycles. The Morgan fingerprint density at radius 3 is 2.62 bits per heavy atom. The van der Waals surface area contributed by atoms with E-state index in [0.29, 0.717) is 49.1 Å². The van der Waals surface area contributed by atoms with Crippen LogP contribution >= 0.6 is 11.6 Å². The number of amides is 1. The average Bonchev–Trinajstić information content (AvgIpc) is 3.30. The summed E-state index contributed by atoms with van der Waals surface area (Å²) < 4.78 is 16.1. The van der Waals surface area contributed by atoms with E-state index < -0.39 is 11.5 Å². The van der Waals surface area contributed by atoms with E-state index in [1.165, 1.54) is 7.11 Å². The van der Waals surface area contributed by atoms with Gasteiger partial charge in [0, 0.05) is 24.6 Å². The van der Waals surface area contributed by atoms with Crippen molar-refractivity contribution in [2.45, 2.75) is 24.9 Å². The van der Waals surface area contributed by atoms with Crippen molar-refractivity contribution < 1.29 is 23.8 Å². The number of methoxy groups -OCH3 is 1. The van der Waals surface area contributed by atoms with Crippen molar-refractivity contribution in [3.63, 3.8) is 0 Å². The molecule has 7 nitrogen and oxygen atoms in total. The Morgan fingerprint density at radius 1 is 1.25 bits per heavy atom. The van der Waals surface area contributed by atoms with E-state index in [1.807, 2.05) is 43.1 Å². The van der Waals surface area contributed by atoms with Crippen LogP contribution in [0.15, 0.2) is 48.5 Å². The minimum Gasteiger partial charge on any atom is -0.492 e. The lowest BCUT2D eigenvalue weighted by atomic mass is 9.94. The van der Waals surface area contributed by atoms with Gasteiger partial charge in [0.2, 0.25) is 5.91 Å². The number of esters is 1. The molecule has 1 heterocycles. The van der Waals surface area contributed by atoms with Crippen molar-refractivity contribution in [3.8, 4) is 5.75 Å². The zero-order valence-electron chi connectivity index (χ0n) is 18.6. The van der Waals surface area contributed by atoms with Crippen molar-refractivity contribution in [1.29, 1.82) is 0 Å². The van der Waals surface area contributed by atoms with Crippen molar-refractivity contribution in [2.75, 3.05) is 40.5 Å². The first kappa shape index (κ1) is 24.0. The maximum absolute atomic E-state index is 13.3. The molecule has 172 valence electrons. The largest absolute Gasteiger partial charge is 0.492 e. The molecule has 3 rings (SSSR count). The van der Waals surface area contributed by atoms with Gasteiger partial charge in [-0.05, 0) is 49.9 Å². The number of carbonyl (C=O) groups excluding carboxylic acids is 2. The lowest BCUT2D eigenvalue weighted by molar-refractivity contribution is -0.134. The number of likely N-dealkylation sites (N-methyl/N-ethyl adjacent to an activating group) is 1. The molecule has 2 atom stereocenters. The van der Waals surface area contributed by atoms with Gasteiger partial charge in [-0.3, -0.25) is 9.69 Å². The number of hydrogen-bond donors (Lipinski definition) is 1. The van der Waals surface area contributed by atoms with Crippen LogP contribution in [0.25, 0.3) is 0 Å². The summed E-state index contributed by atoms with van der Waals surface area (Å²) >= 11 is 6.00. The first-order chi connectivity index (χ1) is 15.4. The van der Waals surface area contributed by atoms with Crippen LogP contribution in [0.5, 0.6) is 5.75 Å². The summed E-state index contributed by atoms with van der Waals surface area (Å²) in [5.74, 6) is 0.206. The number of benzene rings is 2. The highest BCUT2D eigenvalue weighted by Gasteiger charge is 2.46. The van der Waals surface area contributed by atoms with Gasteiger partial charge in [-0.15, -0.1) is 0 Å². The molecule has 2 aromatic rings. The second kappa shape index (κ2) is 10.8. The van der Waals surface area contributed by atoms with Gasteiger partial charge in [-0.25, -0.2) is 4.79 Å². The fourth-order valence-corrected chi connectivity index (χ4v) is 3.90. The summed E-state index contributed by atoms with van der Waals surface area (Å²) in [5, 5.41) is 3.72. The molecule has 0 spiro atoms. The third-order valence-corrected chi connectivity index (χ3v) is 6.06. The molecular weight excluding hydrogens is 432 g/mol. The molecule has 0 bridgehead atoms. The van der Waals surface area contributed by atoms with E-state index in [4.69, 9.17) is 25.8 Å². The van der Waals surface area contributed by atoms with Gasteiger partial charge in [-0.2, -0.15) is 0 Å². The predicted molar refractivity (Wildman–Crippen MR) is 122 cm³/mol. The van der Waals surface area contributed by atoms with Crippen molar-refractivity contribution >= 4 is 23.5 Å². The normalized spacial score (nSPS) is 18.9. The standard InChI is InChI=1S/C24H29ClN2O5/c1-17(18-7-9-19(10-8-18)22(28)30-3)26-23(29)24(11-13-31-16-24)27(2)12-14-32-21-6-4-5-20(25)15-21/h4-10,15,17H,11-14,16H2,1-3H3,(H,26,29). The maximum Gasteiger partial charge on any atom is 0.337 e. The summed E-state index contributed by atoms with van der Waals surface area (Å²) in [6.07, 6.45) is 0.598. The van der Waals surface area contributed by atoms with Gasteiger partial charge in [-0.1, -0.05) is 29.8 Å². The summed E-state index contributed by atoms with van der Waals surface area (Å²) in [6, 6.07) is 14.0. The number of ether oxygens (including phenoxy) is 3. The second-order valence-corrected chi connectivity index (χ2v) is 8.31. The Hall–Kier alpha value is -2.61. The summed E-state index contributed by atoms with van der Waals surface area (Å²) in [6.45, 7) is 3.72. The molecule has 1 saturated heterocycles. The Kier molecular flexibility index (Phi) is 8.12. The van der Waals surface area contributed by atoms with E-state index in [0.717, 1.165) is 5.56 Å². The predicted octanol–water partition coefficient (Wildman–Crippen LogP) is 3.47. The lowest BCUT2D eigenvalue weighted by Crippen LogP contribution is -2.59. The van der Waals surface area contributed by atoms with Gasteiger partial charge < -0.3 is 19.5 Å². The molecule has 0 saturated carbocycles. The van der Waals surface area contributed by atoms with Crippen LogP contribution in [-0.4, -0.2) is 62.8 Å². The molecule has 8 heteroatoms. The summed E-state index contributed by atoms with van der Waals surface area (Å²) in [7, 11) is 3.25. The van der Waals surface area contributed by atoms with E-state index >= 15 is 0 Å². The molecule has 32 heavy (non-hydrogen) atoms. The first-order valence-electron chi connectivity index (χ1n) is 10.5. The molecular formula is C24H29ClN2O5. The van der Waals surface area contributed by atoms with Crippen LogP contribution in [0.2, 0.25) is 5.02 Å². The number of hydrogen-bond acceptors (Lipinski definition) is 6. The van der Waals surface area contributed by atoms with Crippen molar-refractivity contribution in [3.05, 3.63) is 64.7 Å². The van der Waals surface area contributed by atoms with Crippen molar-refractivity contribution in [1.82, 2.24) is 10.2 Å². The van der Waals surface area contributed by atoms with E-state index in [1.54, 1.807) is 24.3 Å². The quantitative estimate of drug-likeness (QED) is 0.577. The van der Waals surface area contributed by atoms with Crippen LogP contribution < -0.4 is 10.1 Å². The van der Waals surface area contributed by atoms with Gasteiger partial charge in [0.15, 0.2) is 0 Å². The molecule has 1 N–H and O–H groups in total. The minimum atomic E-state index is -0.766.